The van der Waals surface area contributed by atoms with Crippen LogP contribution in [0.25, 0.3) is 4.96 Å². The van der Waals surface area contributed by atoms with Crippen LogP contribution in [0.4, 0.5) is 0 Å². The standard InChI is InChI=1S/C13H16N4O3S/c1-9-10(17-12(15-9)21-8-14-17)11(18)16-4-2-13(3-5-16)19-6-7-20-13/h8H,2-7H2,1H3. The molecule has 112 valence electrons. The fourth-order valence-electron chi connectivity index (χ4n) is 3.03. The van der Waals surface area contributed by atoms with Gasteiger partial charge in [0.2, 0.25) is 4.96 Å². The Labute approximate surface area is 125 Å². The first-order valence-corrected chi connectivity index (χ1v) is 7.92. The summed E-state index contributed by atoms with van der Waals surface area (Å²) in [5.41, 5.74) is 2.99. The van der Waals surface area contributed by atoms with E-state index >= 15 is 0 Å². The van der Waals surface area contributed by atoms with Crippen LogP contribution in [-0.4, -0.2) is 57.5 Å². The molecule has 7 nitrogen and oxygen atoms in total. The molecule has 1 spiro atoms. The number of imidazole rings is 1. The highest BCUT2D eigenvalue weighted by Crippen LogP contribution is 2.32. The maximum atomic E-state index is 12.7. The van der Waals surface area contributed by atoms with Gasteiger partial charge in [0.15, 0.2) is 11.5 Å². The lowest BCUT2D eigenvalue weighted by molar-refractivity contribution is -0.181. The molecule has 2 aromatic rings. The minimum atomic E-state index is -0.459. The van der Waals surface area contributed by atoms with E-state index in [0.717, 1.165) is 23.5 Å². The number of carbonyl (C=O) groups excluding carboxylic acids is 1. The van der Waals surface area contributed by atoms with Crippen molar-refractivity contribution in [3.05, 3.63) is 16.9 Å². The third kappa shape index (κ3) is 2.05. The first kappa shape index (κ1) is 13.2. The topological polar surface area (TPSA) is 69.0 Å². The number of ether oxygens (including phenoxy) is 2. The Morgan fingerprint density at radius 3 is 2.76 bits per heavy atom. The molecule has 21 heavy (non-hydrogen) atoms. The Morgan fingerprint density at radius 1 is 1.33 bits per heavy atom. The second-order valence-corrected chi connectivity index (χ2v) is 6.19. The number of hydrogen-bond acceptors (Lipinski definition) is 6. The molecule has 0 bridgehead atoms. The largest absolute Gasteiger partial charge is 0.347 e. The summed E-state index contributed by atoms with van der Waals surface area (Å²) >= 11 is 1.43. The van der Waals surface area contributed by atoms with Crippen molar-refractivity contribution in [1.29, 1.82) is 0 Å². The monoisotopic (exact) mass is 308 g/mol. The fraction of sp³-hybridized carbons (Fsp3) is 0.615. The van der Waals surface area contributed by atoms with Gasteiger partial charge in [-0.05, 0) is 6.92 Å². The predicted octanol–water partition coefficient (Wildman–Crippen LogP) is 1.08. The van der Waals surface area contributed by atoms with E-state index < -0.39 is 5.79 Å². The minimum absolute atomic E-state index is 0.0150. The van der Waals surface area contributed by atoms with Crippen LogP contribution in [0.1, 0.15) is 29.0 Å². The molecule has 2 aliphatic rings. The van der Waals surface area contributed by atoms with E-state index in [1.165, 1.54) is 11.3 Å². The van der Waals surface area contributed by atoms with Crippen molar-refractivity contribution in [3.8, 4) is 0 Å². The molecule has 4 rings (SSSR count). The Bertz CT molecular complexity index is 679. The summed E-state index contributed by atoms with van der Waals surface area (Å²) in [6.07, 6.45) is 1.44. The third-order valence-electron chi connectivity index (χ3n) is 4.15. The molecular formula is C13H16N4O3S. The number of fused-ring (bicyclic) bond motifs is 1. The van der Waals surface area contributed by atoms with Crippen molar-refractivity contribution in [2.75, 3.05) is 26.3 Å². The van der Waals surface area contributed by atoms with Crippen LogP contribution in [0.5, 0.6) is 0 Å². The molecule has 0 radical (unpaired) electrons. The summed E-state index contributed by atoms with van der Waals surface area (Å²) in [5, 5.41) is 4.20. The lowest BCUT2D eigenvalue weighted by Crippen LogP contribution is -2.47. The number of aryl methyl sites for hydroxylation is 1. The molecule has 0 atom stereocenters. The quantitative estimate of drug-likeness (QED) is 0.788. The molecule has 1 amide bonds. The number of aromatic nitrogens is 3. The first-order valence-electron chi connectivity index (χ1n) is 7.05. The van der Waals surface area contributed by atoms with Gasteiger partial charge in [0, 0.05) is 25.9 Å². The highest BCUT2D eigenvalue weighted by Gasteiger charge is 2.41. The molecule has 2 aliphatic heterocycles. The van der Waals surface area contributed by atoms with Crippen LogP contribution in [-0.2, 0) is 9.47 Å². The van der Waals surface area contributed by atoms with Crippen LogP contribution < -0.4 is 0 Å². The lowest BCUT2D eigenvalue weighted by atomic mass is 10.0. The summed E-state index contributed by atoms with van der Waals surface area (Å²) < 4.78 is 13.0. The Balaban J connectivity index is 1.56. The van der Waals surface area contributed by atoms with Gasteiger partial charge in [-0.25, -0.2) is 4.98 Å². The van der Waals surface area contributed by atoms with Gasteiger partial charge in [0.05, 0.1) is 18.9 Å². The number of carbonyl (C=O) groups is 1. The zero-order chi connectivity index (χ0) is 14.4. The smallest absolute Gasteiger partial charge is 0.274 e. The number of nitrogens with zero attached hydrogens (tertiary/aromatic N) is 4. The Kier molecular flexibility index (Phi) is 2.98. The van der Waals surface area contributed by atoms with Crippen molar-refractivity contribution < 1.29 is 14.3 Å². The maximum Gasteiger partial charge on any atom is 0.274 e. The van der Waals surface area contributed by atoms with Crippen LogP contribution >= 0.6 is 11.3 Å². The molecule has 2 saturated heterocycles. The average molecular weight is 308 g/mol. The molecule has 0 unspecified atom stereocenters. The first-order chi connectivity index (χ1) is 10.2. The molecule has 8 heteroatoms. The van der Waals surface area contributed by atoms with Crippen LogP contribution in [0.15, 0.2) is 5.51 Å². The number of likely N-dealkylation sites (tertiary alicyclic amines) is 1. The van der Waals surface area contributed by atoms with Gasteiger partial charge in [-0.15, -0.1) is 0 Å². The lowest BCUT2D eigenvalue weighted by Gasteiger charge is -2.37. The van der Waals surface area contributed by atoms with Crippen LogP contribution in [0, 0.1) is 6.92 Å². The van der Waals surface area contributed by atoms with Gasteiger partial charge in [-0.1, -0.05) is 11.3 Å². The molecule has 0 N–H and O–H groups in total. The number of piperidine rings is 1. The third-order valence-corrected chi connectivity index (χ3v) is 4.82. The fourth-order valence-corrected chi connectivity index (χ4v) is 3.69. The Hall–Kier alpha value is -1.51. The summed E-state index contributed by atoms with van der Waals surface area (Å²) in [6, 6.07) is 0. The minimum Gasteiger partial charge on any atom is -0.347 e. The molecule has 0 saturated carbocycles. The highest BCUT2D eigenvalue weighted by atomic mass is 32.1. The van der Waals surface area contributed by atoms with Gasteiger partial charge < -0.3 is 14.4 Å². The summed E-state index contributed by atoms with van der Waals surface area (Å²) in [5.74, 6) is -0.474. The van der Waals surface area contributed by atoms with Crippen molar-refractivity contribution in [1.82, 2.24) is 19.5 Å². The Morgan fingerprint density at radius 2 is 2.05 bits per heavy atom. The van der Waals surface area contributed by atoms with E-state index in [1.807, 2.05) is 11.8 Å². The van der Waals surface area contributed by atoms with Crippen LogP contribution in [0.2, 0.25) is 0 Å². The van der Waals surface area contributed by atoms with Gasteiger partial charge >= 0.3 is 0 Å². The predicted molar refractivity (Wildman–Crippen MR) is 75.4 cm³/mol. The van der Waals surface area contributed by atoms with E-state index in [1.54, 1.807) is 10.0 Å². The van der Waals surface area contributed by atoms with E-state index in [4.69, 9.17) is 9.47 Å². The van der Waals surface area contributed by atoms with Crippen LogP contribution in [0.3, 0.4) is 0 Å². The maximum absolute atomic E-state index is 12.7. The molecule has 2 fully saturated rings. The van der Waals surface area contributed by atoms with Gasteiger partial charge in [-0.3, -0.25) is 4.79 Å². The summed E-state index contributed by atoms with van der Waals surface area (Å²) in [4.78, 5) is 19.7. The number of amides is 1. The molecule has 4 heterocycles. The van der Waals surface area contributed by atoms with E-state index in [9.17, 15) is 4.79 Å². The van der Waals surface area contributed by atoms with E-state index in [2.05, 4.69) is 10.1 Å². The normalized spacial score (nSPS) is 21.5. The SMILES string of the molecule is Cc1nc2scnn2c1C(=O)N1CCC2(CC1)OCCO2. The molecule has 0 aromatic carbocycles. The number of hydrogen-bond donors (Lipinski definition) is 0. The molecule has 0 aliphatic carbocycles. The molecular weight excluding hydrogens is 292 g/mol. The molecule has 2 aromatic heterocycles. The summed E-state index contributed by atoms with van der Waals surface area (Å²) in [7, 11) is 0. The van der Waals surface area contributed by atoms with Crippen molar-refractivity contribution in [3.63, 3.8) is 0 Å². The van der Waals surface area contributed by atoms with E-state index in [0.29, 0.717) is 32.0 Å². The zero-order valence-corrected chi connectivity index (χ0v) is 12.6. The second kappa shape index (κ2) is 4.75. The second-order valence-electron chi connectivity index (χ2n) is 5.38. The van der Waals surface area contributed by atoms with Gasteiger partial charge in [0.25, 0.3) is 5.91 Å². The van der Waals surface area contributed by atoms with Gasteiger partial charge in [-0.2, -0.15) is 9.61 Å². The zero-order valence-electron chi connectivity index (χ0n) is 11.7. The van der Waals surface area contributed by atoms with E-state index in [-0.39, 0.29) is 5.91 Å². The highest BCUT2D eigenvalue weighted by molar-refractivity contribution is 7.14. The van der Waals surface area contributed by atoms with Crippen molar-refractivity contribution in [2.24, 2.45) is 0 Å². The van der Waals surface area contributed by atoms with Crippen molar-refractivity contribution in [2.45, 2.75) is 25.6 Å². The number of rotatable bonds is 1. The van der Waals surface area contributed by atoms with Gasteiger partial charge in [0.1, 0.15) is 5.51 Å². The van der Waals surface area contributed by atoms with Crippen molar-refractivity contribution >= 4 is 22.2 Å². The average Bonchev–Trinajstić information content (AvgIpc) is 3.16. The summed E-state index contributed by atoms with van der Waals surface area (Å²) in [6.45, 7) is 4.42.